The molecule has 0 saturated heterocycles. The van der Waals surface area contributed by atoms with Gasteiger partial charge in [-0.3, -0.25) is 19.0 Å². The van der Waals surface area contributed by atoms with Crippen molar-refractivity contribution in [2.45, 2.75) is 13.1 Å². The summed E-state index contributed by atoms with van der Waals surface area (Å²) in [4.78, 5) is 19.3. The topological polar surface area (TPSA) is 77.7 Å². The van der Waals surface area contributed by atoms with Crippen molar-refractivity contribution in [2.24, 2.45) is 7.05 Å². The average molecular weight is 447 g/mol. The van der Waals surface area contributed by atoms with E-state index in [1.54, 1.807) is 44.4 Å². The third kappa shape index (κ3) is 3.72. The monoisotopic (exact) mass is 447 g/mol. The molecule has 0 spiro atoms. The van der Waals surface area contributed by atoms with Crippen LogP contribution in [0.15, 0.2) is 47.4 Å². The maximum Gasteiger partial charge on any atom is 0.417 e. The summed E-state index contributed by atoms with van der Waals surface area (Å²) in [6, 6.07) is 9.05. The van der Waals surface area contributed by atoms with Crippen LogP contribution in [0.5, 0.6) is 5.75 Å². The number of rotatable bonds is 4. The van der Waals surface area contributed by atoms with E-state index in [1.807, 2.05) is 0 Å². The van der Waals surface area contributed by atoms with E-state index in [1.165, 1.54) is 15.3 Å². The Balaban J connectivity index is 2.18. The van der Waals surface area contributed by atoms with Crippen LogP contribution in [0, 0.1) is 4.77 Å². The van der Waals surface area contributed by atoms with E-state index >= 15 is 0 Å². The summed E-state index contributed by atoms with van der Waals surface area (Å²) in [5, 5.41) is 3.53. The normalized spacial score (nSPS) is 11.8. The van der Waals surface area contributed by atoms with Crippen LogP contribution in [0.4, 0.5) is 13.2 Å². The number of para-hydroxylation sites is 2. The number of alkyl halides is 3. The molecule has 4 rings (SSSR count). The highest BCUT2D eigenvalue weighted by molar-refractivity contribution is 7.71. The molecule has 1 N–H and O–H groups in total. The van der Waals surface area contributed by atoms with Gasteiger partial charge in [-0.15, -0.1) is 0 Å². The number of nitrogens with zero attached hydrogens (tertiary/aromatic N) is 4. The van der Waals surface area contributed by atoms with Gasteiger partial charge in [-0.05, 0) is 43.4 Å². The van der Waals surface area contributed by atoms with Crippen molar-refractivity contribution < 1.29 is 17.9 Å². The van der Waals surface area contributed by atoms with Gasteiger partial charge in [0.25, 0.3) is 5.56 Å². The highest BCUT2D eigenvalue weighted by Gasteiger charge is 2.36. The van der Waals surface area contributed by atoms with Crippen LogP contribution < -0.4 is 10.3 Å². The molecule has 0 bridgehead atoms. The van der Waals surface area contributed by atoms with Crippen LogP contribution in [0.25, 0.3) is 28.1 Å². The van der Waals surface area contributed by atoms with Gasteiger partial charge >= 0.3 is 6.18 Å². The van der Waals surface area contributed by atoms with Gasteiger partial charge in [-0.25, -0.2) is 4.98 Å². The Morgan fingerprint density at radius 1 is 1.19 bits per heavy atom. The Morgan fingerprint density at radius 2 is 1.94 bits per heavy atom. The molecule has 4 aromatic rings. The number of aryl methyl sites for hydroxylation is 1. The van der Waals surface area contributed by atoms with E-state index in [4.69, 9.17) is 17.0 Å². The molecule has 0 aliphatic carbocycles. The van der Waals surface area contributed by atoms with Crippen LogP contribution in [-0.4, -0.2) is 30.9 Å². The molecule has 31 heavy (non-hydrogen) atoms. The zero-order valence-corrected chi connectivity index (χ0v) is 17.2. The van der Waals surface area contributed by atoms with Crippen molar-refractivity contribution in [1.29, 1.82) is 0 Å². The summed E-state index contributed by atoms with van der Waals surface area (Å²) in [7, 11) is 1.64. The van der Waals surface area contributed by atoms with Gasteiger partial charge in [0.15, 0.2) is 10.4 Å². The Kier molecular flexibility index (Phi) is 5.13. The van der Waals surface area contributed by atoms with Crippen LogP contribution in [-0.2, 0) is 13.2 Å². The fourth-order valence-electron chi connectivity index (χ4n) is 3.28. The SMILES string of the molecule is CCOc1ccccc1-n1c(=S)[nH]c(=O)c2c(C(F)(F)F)cc(-c3ccn(C)n3)nc21. The van der Waals surface area contributed by atoms with E-state index in [9.17, 15) is 18.0 Å². The van der Waals surface area contributed by atoms with Crippen molar-refractivity contribution in [2.75, 3.05) is 6.61 Å². The Labute approximate surface area is 178 Å². The van der Waals surface area contributed by atoms with Crippen LogP contribution in [0.1, 0.15) is 12.5 Å². The molecule has 0 saturated carbocycles. The molecule has 11 heteroatoms. The fraction of sp³-hybridized carbons (Fsp3) is 0.200. The van der Waals surface area contributed by atoms with Crippen LogP contribution in [0.2, 0.25) is 0 Å². The van der Waals surface area contributed by atoms with Gasteiger partial charge < -0.3 is 4.74 Å². The average Bonchev–Trinajstić information content (AvgIpc) is 3.14. The predicted molar refractivity (Wildman–Crippen MR) is 111 cm³/mol. The third-order valence-corrected chi connectivity index (χ3v) is 4.83. The maximum atomic E-state index is 14.0. The third-order valence-electron chi connectivity index (χ3n) is 4.55. The first-order valence-electron chi connectivity index (χ1n) is 9.20. The standard InChI is InChI=1S/C20H16F3N5O2S/c1-3-30-15-7-5-4-6-14(15)28-17-16(18(29)25-19(28)31)11(20(21,22)23)10-13(24-17)12-8-9-27(2)26-12/h4-10H,3H2,1-2H3,(H,25,29,31). The number of aromatic amines is 1. The lowest BCUT2D eigenvalue weighted by atomic mass is 10.1. The lowest BCUT2D eigenvalue weighted by Crippen LogP contribution is -2.20. The molecule has 0 atom stereocenters. The molecule has 1 aromatic carbocycles. The fourth-order valence-corrected chi connectivity index (χ4v) is 3.56. The highest BCUT2D eigenvalue weighted by atomic mass is 32.1. The molecule has 3 aromatic heterocycles. The Hall–Kier alpha value is -3.47. The maximum absolute atomic E-state index is 14.0. The summed E-state index contributed by atoms with van der Waals surface area (Å²) < 4.78 is 50.1. The molecule has 3 heterocycles. The van der Waals surface area contributed by atoms with Crippen molar-refractivity contribution in [3.05, 3.63) is 63.3 Å². The number of hydrogen-bond acceptors (Lipinski definition) is 5. The lowest BCUT2D eigenvalue weighted by molar-refractivity contribution is -0.136. The number of pyridine rings is 1. The molecular formula is C20H16F3N5O2S. The minimum Gasteiger partial charge on any atom is -0.492 e. The molecule has 0 fully saturated rings. The van der Waals surface area contributed by atoms with Crippen LogP contribution >= 0.6 is 12.2 Å². The summed E-state index contributed by atoms with van der Waals surface area (Å²) >= 11 is 5.30. The molecule has 0 amide bonds. The number of nitrogens with one attached hydrogen (secondary N) is 1. The first kappa shape index (κ1) is 20.8. The molecule has 7 nitrogen and oxygen atoms in total. The van der Waals surface area contributed by atoms with Crippen molar-refractivity contribution in [3.63, 3.8) is 0 Å². The molecule has 0 unspecified atom stereocenters. The first-order chi connectivity index (χ1) is 14.7. The largest absolute Gasteiger partial charge is 0.492 e. The minimum absolute atomic E-state index is 0.0388. The van der Waals surface area contributed by atoms with E-state index in [2.05, 4.69) is 15.1 Å². The smallest absolute Gasteiger partial charge is 0.417 e. The Bertz CT molecular complexity index is 1400. The van der Waals surface area contributed by atoms with Gasteiger partial charge in [-0.2, -0.15) is 18.3 Å². The highest BCUT2D eigenvalue weighted by Crippen LogP contribution is 2.36. The van der Waals surface area contributed by atoms with Gasteiger partial charge in [0.1, 0.15) is 11.4 Å². The second-order valence-electron chi connectivity index (χ2n) is 6.62. The van der Waals surface area contributed by atoms with E-state index in [-0.39, 0.29) is 21.8 Å². The van der Waals surface area contributed by atoms with Gasteiger partial charge in [0.2, 0.25) is 0 Å². The van der Waals surface area contributed by atoms with E-state index in [0.717, 1.165) is 6.07 Å². The van der Waals surface area contributed by atoms with E-state index < -0.39 is 22.7 Å². The van der Waals surface area contributed by atoms with E-state index in [0.29, 0.717) is 18.0 Å². The van der Waals surface area contributed by atoms with Crippen molar-refractivity contribution in [1.82, 2.24) is 24.3 Å². The lowest BCUT2D eigenvalue weighted by Gasteiger charge is -2.17. The number of fused-ring (bicyclic) bond motifs is 1. The predicted octanol–water partition coefficient (Wildman–Crippen LogP) is 4.26. The number of benzene rings is 1. The second kappa shape index (κ2) is 7.65. The number of H-pyrrole nitrogens is 1. The molecule has 160 valence electrons. The quantitative estimate of drug-likeness (QED) is 0.473. The van der Waals surface area contributed by atoms with Crippen molar-refractivity contribution in [3.8, 4) is 22.8 Å². The van der Waals surface area contributed by atoms with Gasteiger partial charge in [0.05, 0.1) is 28.9 Å². The number of halogens is 3. The Morgan fingerprint density at radius 3 is 2.58 bits per heavy atom. The molecule has 0 aliphatic rings. The molecule has 0 aliphatic heterocycles. The second-order valence-corrected chi connectivity index (χ2v) is 7.01. The molecular weight excluding hydrogens is 431 g/mol. The summed E-state index contributed by atoms with van der Waals surface area (Å²) in [6.45, 7) is 2.10. The van der Waals surface area contributed by atoms with Crippen molar-refractivity contribution >= 4 is 23.3 Å². The summed E-state index contributed by atoms with van der Waals surface area (Å²) in [6.07, 6.45) is -3.22. The zero-order valence-electron chi connectivity index (χ0n) is 16.4. The number of hydrogen-bond donors (Lipinski definition) is 1. The number of ether oxygens (including phenoxy) is 1. The number of aromatic nitrogens is 5. The van der Waals surface area contributed by atoms with Gasteiger partial charge in [0, 0.05) is 13.2 Å². The molecule has 0 radical (unpaired) electrons. The zero-order chi connectivity index (χ0) is 22.3. The summed E-state index contributed by atoms with van der Waals surface area (Å²) in [5.74, 6) is 0.382. The first-order valence-corrected chi connectivity index (χ1v) is 9.61. The van der Waals surface area contributed by atoms with Crippen LogP contribution in [0.3, 0.4) is 0 Å². The van der Waals surface area contributed by atoms with Gasteiger partial charge in [-0.1, -0.05) is 12.1 Å². The minimum atomic E-state index is -4.81. The summed E-state index contributed by atoms with van der Waals surface area (Å²) in [5.41, 5.74) is -1.80.